The molecular weight excluding hydrogens is 231 g/mol. The number of unbranched alkanes of at least 4 members (excludes halogenated alkanes) is 2. The molecule has 0 N–H and O–H groups in total. The van der Waals surface area contributed by atoms with Gasteiger partial charge in [-0.05, 0) is 31.9 Å². The van der Waals surface area contributed by atoms with Crippen molar-refractivity contribution < 1.29 is 0 Å². The Balaban J connectivity index is 1.95. The molecule has 1 aliphatic carbocycles. The number of hydrogen-bond acceptors (Lipinski definition) is 0. The van der Waals surface area contributed by atoms with E-state index < -0.39 is 6.69 Å². The fraction of sp³-hybridized carbons (Fsp3) is 0.636. The lowest BCUT2D eigenvalue weighted by atomic mass is 10.1. The van der Waals surface area contributed by atoms with Gasteiger partial charge in [-0.2, -0.15) is 0 Å². The molecule has 3 heteroatoms. The van der Waals surface area contributed by atoms with Crippen LogP contribution < -0.4 is 0 Å². The lowest BCUT2D eigenvalue weighted by molar-refractivity contribution is 0.706. The van der Waals surface area contributed by atoms with E-state index in [0.717, 1.165) is 12.5 Å². The summed E-state index contributed by atoms with van der Waals surface area (Å²) < 4.78 is 0. The van der Waals surface area contributed by atoms with Crippen molar-refractivity contribution in [1.29, 1.82) is 0 Å². The summed E-state index contributed by atoms with van der Waals surface area (Å²) in [6, 6.07) is 1.04. The van der Waals surface area contributed by atoms with Crippen LogP contribution in [0.1, 0.15) is 32.1 Å². The van der Waals surface area contributed by atoms with E-state index in [2.05, 4.69) is 18.2 Å². The number of rotatable bonds is 6. The lowest BCUT2D eigenvalue weighted by Crippen LogP contribution is -2.11. The molecular formula is C11H18Cl2Si. The van der Waals surface area contributed by atoms with E-state index in [0.29, 0.717) is 0 Å². The van der Waals surface area contributed by atoms with E-state index in [1.54, 1.807) is 5.57 Å². The van der Waals surface area contributed by atoms with Crippen LogP contribution in [0.25, 0.3) is 0 Å². The van der Waals surface area contributed by atoms with Crippen LogP contribution in [0.3, 0.4) is 0 Å². The second-order valence-corrected chi connectivity index (χ2v) is 12.3. The van der Waals surface area contributed by atoms with Crippen LogP contribution in [-0.4, -0.2) is 6.69 Å². The number of hydrogen-bond donors (Lipinski definition) is 0. The molecule has 0 heterocycles. The van der Waals surface area contributed by atoms with Crippen molar-refractivity contribution in [2.24, 2.45) is 0 Å². The van der Waals surface area contributed by atoms with E-state index >= 15 is 0 Å². The van der Waals surface area contributed by atoms with Gasteiger partial charge in [0.05, 0.1) is 0 Å². The highest BCUT2D eigenvalue weighted by atomic mass is 35.7. The highest BCUT2D eigenvalue weighted by molar-refractivity contribution is 7.44. The normalized spacial score (nSPS) is 16.1. The molecule has 0 unspecified atom stereocenters. The zero-order valence-electron chi connectivity index (χ0n) is 8.73. The molecule has 0 aromatic carbocycles. The molecule has 0 spiro atoms. The van der Waals surface area contributed by atoms with Crippen LogP contribution in [0, 0.1) is 0 Å². The average Bonchev–Trinajstić information content (AvgIpc) is 2.54. The Morgan fingerprint density at radius 1 is 1.29 bits per heavy atom. The second kappa shape index (κ2) is 5.99. The van der Waals surface area contributed by atoms with E-state index in [1.807, 2.05) is 6.55 Å². The molecule has 0 nitrogen and oxygen atoms in total. The Labute approximate surface area is 97.4 Å². The monoisotopic (exact) mass is 248 g/mol. The van der Waals surface area contributed by atoms with Gasteiger partial charge in [0.25, 0.3) is 0 Å². The third-order valence-electron chi connectivity index (χ3n) is 2.46. The summed E-state index contributed by atoms with van der Waals surface area (Å²) >= 11 is 12.0. The summed E-state index contributed by atoms with van der Waals surface area (Å²) in [6.45, 7) is 0.178. The van der Waals surface area contributed by atoms with Gasteiger partial charge in [0.2, 0.25) is 6.69 Å². The molecule has 1 rings (SSSR count). The Morgan fingerprint density at radius 3 is 2.64 bits per heavy atom. The van der Waals surface area contributed by atoms with Gasteiger partial charge < -0.3 is 0 Å². The molecule has 0 aromatic rings. The minimum Gasteiger partial charge on any atom is -0.146 e. The number of halogens is 2. The van der Waals surface area contributed by atoms with Crippen LogP contribution in [-0.2, 0) is 0 Å². The third-order valence-corrected chi connectivity index (χ3v) is 4.83. The Kier molecular flexibility index (Phi) is 5.28. The molecule has 0 radical (unpaired) electrons. The summed E-state index contributed by atoms with van der Waals surface area (Å²) in [7, 11) is 0. The van der Waals surface area contributed by atoms with E-state index in [4.69, 9.17) is 22.2 Å². The lowest BCUT2D eigenvalue weighted by Gasteiger charge is -2.09. The third kappa shape index (κ3) is 5.89. The van der Waals surface area contributed by atoms with Crippen molar-refractivity contribution in [3.63, 3.8) is 0 Å². The van der Waals surface area contributed by atoms with Gasteiger partial charge in [-0.25, -0.2) is 0 Å². The standard InChI is InChI=1S/C11H18Cl2Si/c1-14(12,13)10-6-2-3-7-11-8-4-5-9-11/h4-5,8H,2-3,6-7,9-10H2,1H3. The molecule has 0 saturated heterocycles. The maximum Gasteiger partial charge on any atom is 0.248 e. The largest absolute Gasteiger partial charge is 0.248 e. The molecule has 0 amide bonds. The maximum absolute atomic E-state index is 6.02. The SMILES string of the molecule is C[Si](Cl)(Cl)CCCCCC1=CC=CC1. The fourth-order valence-corrected chi connectivity index (χ4v) is 3.31. The molecule has 0 aromatic heterocycles. The molecule has 0 aliphatic heterocycles. The molecule has 0 bridgehead atoms. The highest BCUT2D eigenvalue weighted by Crippen LogP contribution is 2.24. The minimum atomic E-state index is -1.82. The minimum absolute atomic E-state index is 1.04. The van der Waals surface area contributed by atoms with Gasteiger partial charge in [-0.3, -0.25) is 0 Å². The first-order valence-corrected chi connectivity index (χ1v) is 10.0. The molecule has 0 atom stereocenters. The van der Waals surface area contributed by atoms with Gasteiger partial charge in [-0.15, -0.1) is 22.2 Å². The summed E-state index contributed by atoms with van der Waals surface area (Å²) in [4.78, 5) is 0. The van der Waals surface area contributed by atoms with Gasteiger partial charge in [-0.1, -0.05) is 36.6 Å². The van der Waals surface area contributed by atoms with Crippen molar-refractivity contribution in [2.45, 2.75) is 44.7 Å². The molecule has 14 heavy (non-hydrogen) atoms. The Hall–Kier alpha value is 0.277. The zero-order valence-corrected chi connectivity index (χ0v) is 11.2. The predicted molar refractivity (Wildman–Crippen MR) is 68.4 cm³/mol. The van der Waals surface area contributed by atoms with Crippen molar-refractivity contribution in [3.8, 4) is 0 Å². The molecule has 80 valence electrons. The molecule has 0 fully saturated rings. The van der Waals surface area contributed by atoms with Gasteiger partial charge in [0.15, 0.2) is 0 Å². The van der Waals surface area contributed by atoms with Crippen LogP contribution in [0.4, 0.5) is 0 Å². The van der Waals surface area contributed by atoms with Crippen molar-refractivity contribution in [2.75, 3.05) is 0 Å². The topological polar surface area (TPSA) is 0 Å². The quantitative estimate of drug-likeness (QED) is 0.353. The first-order valence-electron chi connectivity index (χ1n) is 5.30. The van der Waals surface area contributed by atoms with Crippen LogP contribution in [0.5, 0.6) is 0 Å². The number of allylic oxidation sites excluding steroid dienone is 4. The van der Waals surface area contributed by atoms with Crippen molar-refractivity contribution in [3.05, 3.63) is 23.8 Å². The molecule has 1 aliphatic rings. The molecule has 0 saturated carbocycles. The zero-order chi connectivity index (χ0) is 10.4. The maximum atomic E-state index is 6.02. The summed E-state index contributed by atoms with van der Waals surface area (Å²) in [6.07, 6.45) is 12.8. The van der Waals surface area contributed by atoms with Gasteiger partial charge in [0, 0.05) is 0 Å². The van der Waals surface area contributed by atoms with Crippen LogP contribution in [0.15, 0.2) is 23.8 Å². The van der Waals surface area contributed by atoms with Gasteiger partial charge >= 0.3 is 0 Å². The fourth-order valence-electron chi connectivity index (χ4n) is 1.64. The van der Waals surface area contributed by atoms with Crippen LogP contribution >= 0.6 is 22.2 Å². The van der Waals surface area contributed by atoms with Gasteiger partial charge in [0.1, 0.15) is 0 Å². The van der Waals surface area contributed by atoms with Crippen LogP contribution in [0.2, 0.25) is 12.6 Å². The average molecular weight is 249 g/mol. The second-order valence-electron chi connectivity index (χ2n) is 4.09. The van der Waals surface area contributed by atoms with E-state index in [-0.39, 0.29) is 0 Å². The predicted octanol–water partition coefficient (Wildman–Crippen LogP) is 4.98. The van der Waals surface area contributed by atoms with E-state index in [1.165, 1.54) is 25.7 Å². The van der Waals surface area contributed by atoms with E-state index in [9.17, 15) is 0 Å². The van der Waals surface area contributed by atoms with Crippen molar-refractivity contribution >= 4 is 28.9 Å². The Bertz CT molecular complexity index is 226. The first kappa shape index (κ1) is 12.3. The van der Waals surface area contributed by atoms with Crippen molar-refractivity contribution in [1.82, 2.24) is 0 Å². The highest BCUT2D eigenvalue weighted by Gasteiger charge is 2.19. The smallest absolute Gasteiger partial charge is 0.146 e. The summed E-state index contributed by atoms with van der Waals surface area (Å²) in [5.74, 6) is 0. The Morgan fingerprint density at radius 2 is 2.07 bits per heavy atom. The first-order chi connectivity index (χ1) is 6.58. The summed E-state index contributed by atoms with van der Waals surface area (Å²) in [5, 5.41) is 0. The summed E-state index contributed by atoms with van der Waals surface area (Å²) in [5.41, 5.74) is 1.57.